The molecule has 0 bridgehead atoms. The molecule has 1 aromatic rings. The Balaban J connectivity index is 1.94. The topological polar surface area (TPSA) is 35.8 Å². The molecule has 1 aliphatic carbocycles. The Morgan fingerprint density at radius 1 is 1.42 bits per heavy atom. The third kappa shape index (κ3) is 3.75. The zero-order valence-electron chi connectivity index (χ0n) is 11.8. The normalized spacial score (nSPS) is 26.3. The highest BCUT2D eigenvalue weighted by molar-refractivity contribution is 8.00. The van der Waals surface area contributed by atoms with E-state index in [-0.39, 0.29) is 5.54 Å². The quantitative estimate of drug-likeness (QED) is 0.884. The number of benzene rings is 1. The molecule has 0 saturated heterocycles. The van der Waals surface area contributed by atoms with Crippen LogP contribution in [0.15, 0.2) is 29.2 Å². The van der Waals surface area contributed by atoms with Crippen molar-refractivity contribution >= 4 is 11.8 Å². The average Bonchev–Trinajstić information content (AvgIpc) is 2.83. The third-order valence-corrected chi connectivity index (χ3v) is 5.00. The van der Waals surface area contributed by atoms with E-state index in [2.05, 4.69) is 49.5 Å². The van der Waals surface area contributed by atoms with Gasteiger partial charge in [0.15, 0.2) is 0 Å². The van der Waals surface area contributed by atoms with Crippen molar-refractivity contribution in [3.8, 4) is 6.07 Å². The van der Waals surface area contributed by atoms with Gasteiger partial charge in [-0.2, -0.15) is 5.26 Å². The lowest BCUT2D eigenvalue weighted by molar-refractivity contribution is 0.424. The largest absolute Gasteiger partial charge is 0.299 e. The lowest BCUT2D eigenvalue weighted by Crippen LogP contribution is -2.42. The number of thioether (sulfide) groups is 1. The smallest absolute Gasteiger partial charge is 0.107 e. The van der Waals surface area contributed by atoms with Gasteiger partial charge in [-0.05, 0) is 51.3 Å². The highest BCUT2D eigenvalue weighted by Gasteiger charge is 2.39. The Morgan fingerprint density at radius 2 is 2.16 bits per heavy atom. The molecule has 3 heteroatoms. The Labute approximate surface area is 120 Å². The summed E-state index contributed by atoms with van der Waals surface area (Å²) < 4.78 is 0. The van der Waals surface area contributed by atoms with Crippen LogP contribution < -0.4 is 5.32 Å². The van der Waals surface area contributed by atoms with Crippen LogP contribution in [-0.4, -0.2) is 17.3 Å². The molecule has 1 aromatic carbocycles. The Morgan fingerprint density at radius 3 is 2.79 bits per heavy atom. The maximum Gasteiger partial charge on any atom is 0.107 e. The van der Waals surface area contributed by atoms with Gasteiger partial charge < -0.3 is 0 Å². The fraction of sp³-hybridized carbons (Fsp3) is 0.562. The molecule has 2 atom stereocenters. The molecule has 1 fully saturated rings. The van der Waals surface area contributed by atoms with Crippen LogP contribution in [0.4, 0.5) is 0 Å². The van der Waals surface area contributed by atoms with Crippen LogP contribution in [0.25, 0.3) is 0 Å². The van der Waals surface area contributed by atoms with Gasteiger partial charge in [0.25, 0.3) is 0 Å². The second-order valence-corrected chi connectivity index (χ2v) is 6.79. The molecule has 0 spiro atoms. The van der Waals surface area contributed by atoms with E-state index < -0.39 is 0 Å². The van der Waals surface area contributed by atoms with Gasteiger partial charge in [0.2, 0.25) is 0 Å². The number of hydrogen-bond donors (Lipinski definition) is 1. The van der Waals surface area contributed by atoms with Crippen LogP contribution in [0.1, 0.15) is 38.2 Å². The molecule has 2 nitrogen and oxygen atoms in total. The van der Waals surface area contributed by atoms with Crippen molar-refractivity contribution in [2.24, 2.45) is 0 Å². The van der Waals surface area contributed by atoms with E-state index in [1.165, 1.54) is 10.5 Å². The monoisotopic (exact) mass is 274 g/mol. The number of nitriles is 1. The second-order valence-electron chi connectivity index (χ2n) is 5.42. The summed E-state index contributed by atoms with van der Waals surface area (Å²) in [6.45, 7) is 5.19. The van der Waals surface area contributed by atoms with Crippen LogP contribution in [0.5, 0.6) is 0 Å². The van der Waals surface area contributed by atoms with E-state index in [4.69, 9.17) is 0 Å². The van der Waals surface area contributed by atoms with E-state index in [9.17, 15) is 5.26 Å². The van der Waals surface area contributed by atoms with Gasteiger partial charge in [0, 0.05) is 10.1 Å². The molecular weight excluding hydrogens is 252 g/mol. The van der Waals surface area contributed by atoms with Gasteiger partial charge in [-0.25, -0.2) is 0 Å². The van der Waals surface area contributed by atoms with E-state index in [0.29, 0.717) is 5.25 Å². The predicted octanol–water partition coefficient (Wildman–Crippen LogP) is 3.90. The minimum atomic E-state index is -0.279. The molecule has 19 heavy (non-hydrogen) atoms. The summed E-state index contributed by atoms with van der Waals surface area (Å²) in [5.74, 6) is 0. The molecule has 102 valence electrons. The van der Waals surface area contributed by atoms with Crippen LogP contribution in [-0.2, 0) is 0 Å². The average molecular weight is 274 g/mol. The highest BCUT2D eigenvalue weighted by atomic mass is 32.2. The van der Waals surface area contributed by atoms with Crippen LogP contribution in [0.3, 0.4) is 0 Å². The van der Waals surface area contributed by atoms with E-state index >= 15 is 0 Å². The van der Waals surface area contributed by atoms with Gasteiger partial charge in [-0.1, -0.05) is 24.6 Å². The number of aryl methyl sites for hydroxylation is 1. The fourth-order valence-corrected chi connectivity index (χ4v) is 3.86. The van der Waals surface area contributed by atoms with Crippen LogP contribution >= 0.6 is 11.8 Å². The summed E-state index contributed by atoms with van der Waals surface area (Å²) in [7, 11) is 0. The van der Waals surface area contributed by atoms with Crippen molar-refractivity contribution in [3.63, 3.8) is 0 Å². The van der Waals surface area contributed by atoms with Gasteiger partial charge in [-0.3, -0.25) is 5.32 Å². The number of rotatable bonds is 5. The Hall–Kier alpha value is -0.980. The van der Waals surface area contributed by atoms with E-state index in [0.717, 1.165) is 32.2 Å². The van der Waals surface area contributed by atoms with Gasteiger partial charge in [0.1, 0.15) is 5.54 Å². The molecule has 0 radical (unpaired) electrons. The molecule has 0 aromatic heterocycles. The summed E-state index contributed by atoms with van der Waals surface area (Å²) in [5.41, 5.74) is 1.02. The van der Waals surface area contributed by atoms with Crippen LogP contribution in [0, 0.1) is 18.3 Å². The van der Waals surface area contributed by atoms with Crippen molar-refractivity contribution in [1.29, 1.82) is 5.26 Å². The first-order valence-electron chi connectivity index (χ1n) is 7.07. The van der Waals surface area contributed by atoms with E-state index in [1.807, 2.05) is 11.8 Å². The highest BCUT2D eigenvalue weighted by Crippen LogP contribution is 2.40. The van der Waals surface area contributed by atoms with Gasteiger partial charge >= 0.3 is 0 Å². The van der Waals surface area contributed by atoms with Crippen molar-refractivity contribution < 1.29 is 0 Å². The van der Waals surface area contributed by atoms with Gasteiger partial charge in [0.05, 0.1) is 6.07 Å². The van der Waals surface area contributed by atoms with E-state index in [1.54, 1.807) is 0 Å². The summed E-state index contributed by atoms with van der Waals surface area (Å²) in [5, 5.41) is 13.4. The molecule has 0 heterocycles. The first-order chi connectivity index (χ1) is 9.17. The van der Waals surface area contributed by atoms with Crippen molar-refractivity contribution in [1.82, 2.24) is 5.32 Å². The van der Waals surface area contributed by atoms with Crippen LogP contribution in [0.2, 0.25) is 0 Å². The Kier molecular flexibility index (Phi) is 4.90. The maximum atomic E-state index is 9.44. The number of nitrogens with one attached hydrogen (secondary N) is 1. The minimum Gasteiger partial charge on any atom is -0.299 e. The number of nitrogens with zero attached hydrogens (tertiary/aromatic N) is 1. The zero-order valence-corrected chi connectivity index (χ0v) is 12.6. The molecular formula is C16H22N2S. The molecule has 1 N–H and O–H groups in total. The third-order valence-electron chi connectivity index (χ3n) is 3.72. The molecule has 2 rings (SSSR count). The van der Waals surface area contributed by atoms with Gasteiger partial charge in [-0.15, -0.1) is 11.8 Å². The summed E-state index contributed by atoms with van der Waals surface area (Å²) in [6.07, 6.45) is 4.15. The fourth-order valence-electron chi connectivity index (χ4n) is 2.58. The van der Waals surface area contributed by atoms with Crippen molar-refractivity contribution in [2.75, 3.05) is 6.54 Å². The lowest BCUT2D eigenvalue weighted by atomic mass is 10.00. The summed E-state index contributed by atoms with van der Waals surface area (Å²) in [6, 6.07) is 11.2. The Bertz CT molecular complexity index is 449. The summed E-state index contributed by atoms with van der Waals surface area (Å²) >= 11 is 1.92. The zero-order chi connectivity index (χ0) is 13.7. The van der Waals surface area contributed by atoms with Crippen molar-refractivity contribution in [2.45, 2.75) is 55.2 Å². The van der Waals surface area contributed by atoms with Crippen molar-refractivity contribution in [3.05, 3.63) is 29.8 Å². The molecule has 0 amide bonds. The second kappa shape index (κ2) is 6.45. The number of hydrogen-bond acceptors (Lipinski definition) is 3. The molecule has 0 aliphatic heterocycles. The summed E-state index contributed by atoms with van der Waals surface area (Å²) in [4.78, 5) is 1.32. The standard InChI is InChI=1S/C16H22N2S/c1-3-10-18-16(12-17)9-8-15(11-16)19-14-6-4-13(2)5-7-14/h4-7,15,18H,3,8-11H2,1-2H3. The molecule has 1 aliphatic rings. The predicted molar refractivity (Wildman–Crippen MR) is 81.3 cm³/mol. The molecule has 1 saturated carbocycles. The first kappa shape index (κ1) is 14.4. The SMILES string of the molecule is CCCNC1(C#N)CCC(Sc2ccc(C)cc2)C1. The molecule has 2 unspecified atom stereocenters. The lowest BCUT2D eigenvalue weighted by Gasteiger charge is -2.22. The minimum absolute atomic E-state index is 0.279. The first-order valence-corrected chi connectivity index (χ1v) is 7.95. The maximum absolute atomic E-state index is 9.44.